The van der Waals surface area contributed by atoms with Gasteiger partial charge in [-0.1, -0.05) is 29.8 Å². The number of nitrogens with zero attached hydrogens (tertiary/aromatic N) is 1. The minimum atomic E-state index is -0.737. The van der Waals surface area contributed by atoms with Crippen molar-refractivity contribution in [1.82, 2.24) is 10.2 Å². The SMILES string of the molecule is CC1COC(c2ccccc2Cl)CN1C(=O)NC1CCC(C(=O)O)CC1. The molecule has 2 atom stereocenters. The summed E-state index contributed by atoms with van der Waals surface area (Å²) in [7, 11) is 0. The first-order chi connectivity index (χ1) is 12.5. The van der Waals surface area contributed by atoms with Gasteiger partial charge in [0.1, 0.15) is 6.10 Å². The van der Waals surface area contributed by atoms with Crippen molar-refractivity contribution >= 4 is 23.6 Å². The van der Waals surface area contributed by atoms with Gasteiger partial charge >= 0.3 is 12.0 Å². The Kier molecular flexibility index (Phi) is 6.04. The topological polar surface area (TPSA) is 78.9 Å². The molecule has 142 valence electrons. The van der Waals surface area contributed by atoms with E-state index < -0.39 is 5.97 Å². The Labute approximate surface area is 158 Å². The quantitative estimate of drug-likeness (QED) is 0.841. The number of aliphatic carboxylic acids is 1. The molecule has 1 aromatic carbocycles. The van der Waals surface area contributed by atoms with Gasteiger partial charge in [0.05, 0.1) is 25.1 Å². The van der Waals surface area contributed by atoms with E-state index >= 15 is 0 Å². The monoisotopic (exact) mass is 380 g/mol. The summed E-state index contributed by atoms with van der Waals surface area (Å²) in [4.78, 5) is 25.6. The molecule has 2 aliphatic rings. The predicted molar refractivity (Wildman–Crippen MR) is 98.2 cm³/mol. The highest BCUT2D eigenvalue weighted by Gasteiger charge is 2.33. The summed E-state index contributed by atoms with van der Waals surface area (Å²) < 4.78 is 5.90. The molecule has 1 aliphatic carbocycles. The van der Waals surface area contributed by atoms with E-state index in [2.05, 4.69) is 5.32 Å². The third-order valence-electron chi connectivity index (χ3n) is 5.35. The number of benzene rings is 1. The number of nitrogens with one attached hydrogen (secondary N) is 1. The Morgan fingerprint density at radius 1 is 1.23 bits per heavy atom. The molecule has 7 heteroatoms. The molecule has 1 aromatic rings. The van der Waals surface area contributed by atoms with Gasteiger partial charge in [-0.3, -0.25) is 4.79 Å². The Morgan fingerprint density at radius 2 is 1.92 bits per heavy atom. The zero-order valence-corrected chi connectivity index (χ0v) is 15.6. The number of carbonyl (C=O) groups is 2. The Morgan fingerprint density at radius 3 is 2.58 bits per heavy atom. The van der Waals surface area contributed by atoms with Crippen molar-refractivity contribution in [2.75, 3.05) is 13.2 Å². The number of carboxylic acids is 1. The lowest BCUT2D eigenvalue weighted by molar-refractivity contribution is -0.142. The van der Waals surface area contributed by atoms with Gasteiger partial charge in [0.15, 0.2) is 0 Å². The van der Waals surface area contributed by atoms with E-state index in [0.717, 1.165) is 5.56 Å². The highest BCUT2D eigenvalue weighted by Crippen LogP contribution is 2.30. The molecule has 0 spiro atoms. The highest BCUT2D eigenvalue weighted by molar-refractivity contribution is 6.31. The van der Waals surface area contributed by atoms with Gasteiger partial charge in [-0.2, -0.15) is 0 Å². The van der Waals surface area contributed by atoms with E-state index in [1.165, 1.54) is 0 Å². The normalized spacial score (nSPS) is 29.2. The lowest BCUT2D eigenvalue weighted by atomic mass is 9.86. The maximum atomic E-state index is 12.8. The van der Waals surface area contributed by atoms with Gasteiger partial charge in [0, 0.05) is 16.6 Å². The Balaban J connectivity index is 1.59. The predicted octanol–water partition coefficient (Wildman–Crippen LogP) is 3.45. The zero-order valence-electron chi connectivity index (χ0n) is 14.9. The number of rotatable bonds is 3. The number of ether oxygens (including phenoxy) is 1. The van der Waals surface area contributed by atoms with Crippen molar-refractivity contribution < 1.29 is 19.4 Å². The van der Waals surface area contributed by atoms with Crippen molar-refractivity contribution in [3.63, 3.8) is 0 Å². The number of hydrogen-bond donors (Lipinski definition) is 2. The lowest BCUT2D eigenvalue weighted by Crippen LogP contribution is -2.54. The molecule has 2 N–H and O–H groups in total. The Bertz CT molecular complexity index is 661. The van der Waals surface area contributed by atoms with Crippen LogP contribution >= 0.6 is 11.6 Å². The molecule has 0 aromatic heterocycles. The molecule has 26 heavy (non-hydrogen) atoms. The molecule has 0 radical (unpaired) electrons. The van der Waals surface area contributed by atoms with Crippen LogP contribution in [0.5, 0.6) is 0 Å². The number of carbonyl (C=O) groups excluding carboxylic acids is 1. The van der Waals surface area contributed by atoms with Crippen LogP contribution in [0.2, 0.25) is 5.02 Å². The Hall–Kier alpha value is -1.79. The fourth-order valence-corrected chi connectivity index (χ4v) is 3.96. The van der Waals surface area contributed by atoms with Crippen LogP contribution in [-0.4, -0.2) is 47.2 Å². The van der Waals surface area contributed by atoms with Crippen LogP contribution in [0.25, 0.3) is 0 Å². The van der Waals surface area contributed by atoms with E-state index in [1.54, 1.807) is 4.90 Å². The molecule has 6 nitrogen and oxygen atoms in total. The molecular weight excluding hydrogens is 356 g/mol. The molecule has 0 bridgehead atoms. The maximum absolute atomic E-state index is 12.8. The second-order valence-electron chi connectivity index (χ2n) is 7.18. The second kappa shape index (κ2) is 8.27. The van der Waals surface area contributed by atoms with Gasteiger partial charge in [0.2, 0.25) is 0 Å². The molecule has 1 aliphatic heterocycles. The summed E-state index contributed by atoms with van der Waals surface area (Å²) >= 11 is 6.27. The van der Waals surface area contributed by atoms with Crippen LogP contribution in [0.15, 0.2) is 24.3 Å². The lowest BCUT2D eigenvalue weighted by Gasteiger charge is -2.39. The van der Waals surface area contributed by atoms with Crippen molar-refractivity contribution in [2.45, 2.75) is 50.8 Å². The van der Waals surface area contributed by atoms with Crippen LogP contribution in [0, 0.1) is 5.92 Å². The van der Waals surface area contributed by atoms with Gasteiger partial charge in [-0.05, 0) is 38.7 Å². The largest absolute Gasteiger partial charge is 0.481 e. The zero-order chi connectivity index (χ0) is 18.7. The average Bonchev–Trinajstić information content (AvgIpc) is 2.63. The number of urea groups is 1. The molecule has 1 saturated carbocycles. The van der Waals surface area contributed by atoms with Gasteiger partial charge in [-0.25, -0.2) is 4.79 Å². The summed E-state index contributed by atoms with van der Waals surface area (Å²) in [6.45, 7) is 2.86. The van der Waals surface area contributed by atoms with Crippen LogP contribution in [0.1, 0.15) is 44.3 Å². The molecule has 2 amide bonds. The van der Waals surface area contributed by atoms with Crippen LogP contribution < -0.4 is 5.32 Å². The van der Waals surface area contributed by atoms with E-state index in [-0.39, 0.29) is 30.1 Å². The number of hydrogen-bond acceptors (Lipinski definition) is 3. The summed E-state index contributed by atoms with van der Waals surface area (Å²) in [5.74, 6) is -1.02. The third kappa shape index (κ3) is 4.30. The first kappa shape index (κ1) is 19.0. The van der Waals surface area contributed by atoms with E-state index in [0.29, 0.717) is 43.9 Å². The van der Waals surface area contributed by atoms with Crippen LogP contribution in [-0.2, 0) is 9.53 Å². The molecule has 3 rings (SSSR count). The number of morpholine rings is 1. The van der Waals surface area contributed by atoms with E-state index in [1.807, 2.05) is 31.2 Å². The van der Waals surface area contributed by atoms with E-state index in [4.69, 9.17) is 21.4 Å². The van der Waals surface area contributed by atoms with Crippen molar-refractivity contribution in [3.05, 3.63) is 34.9 Å². The maximum Gasteiger partial charge on any atom is 0.318 e. The van der Waals surface area contributed by atoms with Gasteiger partial charge in [-0.15, -0.1) is 0 Å². The standard InChI is InChI=1S/C19H25ClN2O4/c1-12-11-26-17(15-4-2-3-5-16(15)20)10-22(12)19(25)21-14-8-6-13(7-9-14)18(23)24/h2-5,12-14,17H,6-11H2,1H3,(H,21,25)(H,23,24). The number of amides is 2. The summed E-state index contributed by atoms with van der Waals surface area (Å²) in [5.41, 5.74) is 0.890. The molecule has 2 unspecified atom stereocenters. The summed E-state index contributed by atoms with van der Waals surface area (Å²) in [6.07, 6.45) is 2.39. The molecule has 2 fully saturated rings. The smallest absolute Gasteiger partial charge is 0.318 e. The van der Waals surface area contributed by atoms with E-state index in [9.17, 15) is 9.59 Å². The van der Waals surface area contributed by atoms with Gasteiger partial charge in [0.25, 0.3) is 0 Å². The first-order valence-electron chi connectivity index (χ1n) is 9.11. The third-order valence-corrected chi connectivity index (χ3v) is 5.69. The van der Waals surface area contributed by atoms with Gasteiger partial charge < -0.3 is 20.1 Å². The average molecular weight is 381 g/mol. The minimum Gasteiger partial charge on any atom is -0.481 e. The van der Waals surface area contributed by atoms with Crippen LogP contribution in [0.4, 0.5) is 4.79 Å². The van der Waals surface area contributed by atoms with Crippen molar-refractivity contribution in [2.24, 2.45) is 5.92 Å². The first-order valence-corrected chi connectivity index (χ1v) is 9.49. The minimum absolute atomic E-state index is 0.0240. The molecule has 1 saturated heterocycles. The number of halogens is 1. The number of carboxylic acid groups (broad SMARTS) is 1. The summed E-state index contributed by atoms with van der Waals surface area (Å²) in [5, 5.41) is 12.8. The van der Waals surface area contributed by atoms with Crippen molar-refractivity contribution in [3.8, 4) is 0 Å². The van der Waals surface area contributed by atoms with Crippen LogP contribution in [0.3, 0.4) is 0 Å². The molecular formula is C19H25ClN2O4. The highest BCUT2D eigenvalue weighted by atomic mass is 35.5. The fraction of sp³-hybridized carbons (Fsp3) is 0.579. The molecule has 1 heterocycles. The fourth-order valence-electron chi connectivity index (χ4n) is 3.71. The van der Waals surface area contributed by atoms with Crippen molar-refractivity contribution in [1.29, 1.82) is 0 Å². The second-order valence-corrected chi connectivity index (χ2v) is 7.59. The summed E-state index contributed by atoms with van der Waals surface area (Å²) in [6, 6.07) is 7.42.